The third-order valence-corrected chi connectivity index (χ3v) is 4.53. The summed E-state index contributed by atoms with van der Waals surface area (Å²) in [4.78, 5) is 2.08. The second-order valence-electron chi connectivity index (χ2n) is 5.86. The molecule has 2 N–H and O–H groups in total. The van der Waals surface area contributed by atoms with E-state index in [2.05, 4.69) is 29.2 Å². The fourth-order valence-corrected chi connectivity index (χ4v) is 3.17. The standard InChI is InChI=1S/C15H23N3/c1-18(2)13-6-10-15(17,11-7-13)14(12-16)8-4-3-5-9-14/h6-7,10H,3-5,8-9,11,17H2,1-2H3. The Hall–Kier alpha value is -1.27. The Morgan fingerprint density at radius 2 is 1.94 bits per heavy atom. The largest absolute Gasteiger partial charge is 0.378 e. The molecular formula is C15H23N3. The second kappa shape index (κ2) is 4.78. The van der Waals surface area contributed by atoms with Crippen molar-refractivity contribution in [2.24, 2.45) is 11.1 Å². The van der Waals surface area contributed by atoms with Crippen LogP contribution in [-0.4, -0.2) is 24.5 Å². The molecule has 0 bridgehead atoms. The van der Waals surface area contributed by atoms with Crippen LogP contribution >= 0.6 is 0 Å². The molecule has 0 amide bonds. The second-order valence-corrected chi connectivity index (χ2v) is 5.86. The van der Waals surface area contributed by atoms with Crippen molar-refractivity contribution in [3.8, 4) is 6.07 Å². The van der Waals surface area contributed by atoms with Crippen molar-refractivity contribution in [2.45, 2.75) is 44.1 Å². The molecule has 0 spiro atoms. The van der Waals surface area contributed by atoms with Gasteiger partial charge in [0, 0.05) is 19.8 Å². The molecule has 18 heavy (non-hydrogen) atoms. The van der Waals surface area contributed by atoms with Crippen molar-refractivity contribution >= 4 is 0 Å². The first-order chi connectivity index (χ1) is 8.53. The first-order valence-electron chi connectivity index (χ1n) is 6.80. The van der Waals surface area contributed by atoms with Crippen LogP contribution in [0.5, 0.6) is 0 Å². The van der Waals surface area contributed by atoms with Gasteiger partial charge in [0.2, 0.25) is 0 Å². The van der Waals surface area contributed by atoms with E-state index in [-0.39, 0.29) is 5.41 Å². The smallest absolute Gasteiger partial charge is 0.0792 e. The lowest BCUT2D eigenvalue weighted by atomic mass is 9.60. The molecular weight excluding hydrogens is 222 g/mol. The van der Waals surface area contributed by atoms with E-state index in [1.165, 1.54) is 12.1 Å². The van der Waals surface area contributed by atoms with Crippen LogP contribution < -0.4 is 5.73 Å². The average molecular weight is 245 g/mol. The number of hydrogen-bond donors (Lipinski definition) is 1. The minimum Gasteiger partial charge on any atom is -0.378 e. The quantitative estimate of drug-likeness (QED) is 0.813. The van der Waals surface area contributed by atoms with Gasteiger partial charge in [-0.3, -0.25) is 0 Å². The molecule has 1 saturated carbocycles. The van der Waals surface area contributed by atoms with Crippen molar-refractivity contribution in [1.29, 1.82) is 5.26 Å². The zero-order valence-electron chi connectivity index (χ0n) is 11.4. The fourth-order valence-electron chi connectivity index (χ4n) is 3.17. The molecule has 3 heteroatoms. The molecule has 0 saturated heterocycles. The van der Waals surface area contributed by atoms with Gasteiger partial charge in [-0.1, -0.05) is 31.4 Å². The lowest BCUT2D eigenvalue weighted by molar-refractivity contribution is 0.164. The Balaban J connectivity index is 2.23. The van der Waals surface area contributed by atoms with E-state index in [1.54, 1.807) is 0 Å². The van der Waals surface area contributed by atoms with Crippen LogP contribution in [0.3, 0.4) is 0 Å². The maximum Gasteiger partial charge on any atom is 0.0792 e. The van der Waals surface area contributed by atoms with Gasteiger partial charge in [-0.25, -0.2) is 0 Å². The molecule has 0 aromatic carbocycles. The Morgan fingerprint density at radius 1 is 1.28 bits per heavy atom. The topological polar surface area (TPSA) is 53.0 Å². The highest BCUT2D eigenvalue weighted by molar-refractivity contribution is 5.33. The van der Waals surface area contributed by atoms with E-state index in [9.17, 15) is 5.26 Å². The number of nitriles is 1. The summed E-state index contributed by atoms with van der Waals surface area (Å²) in [7, 11) is 4.06. The third-order valence-electron chi connectivity index (χ3n) is 4.53. The first-order valence-corrected chi connectivity index (χ1v) is 6.80. The lowest BCUT2D eigenvalue weighted by Crippen LogP contribution is -2.54. The molecule has 0 aromatic heterocycles. The summed E-state index contributed by atoms with van der Waals surface area (Å²) in [5, 5.41) is 9.64. The molecule has 2 aliphatic rings. The van der Waals surface area contributed by atoms with Gasteiger partial charge in [-0.2, -0.15) is 5.26 Å². The first kappa shape index (κ1) is 13.2. The maximum atomic E-state index is 9.64. The molecule has 0 radical (unpaired) electrons. The number of hydrogen-bond acceptors (Lipinski definition) is 3. The van der Waals surface area contributed by atoms with Gasteiger partial charge in [0.25, 0.3) is 0 Å². The Kier molecular flexibility index (Phi) is 3.49. The fraction of sp³-hybridized carbons (Fsp3) is 0.667. The van der Waals surface area contributed by atoms with Crippen molar-refractivity contribution in [3.05, 3.63) is 23.9 Å². The van der Waals surface area contributed by atoms with Crippen LogP contribution in [0.2, 0.25) is 0 Å². The van der Waals surface area contributed by atoms with E-state index in [4.69, 9.17) is 5.73 Å². The van der Waals surface area contributed by atoms with E-state index in [1.807, 2.05) is 14.1 Å². The third kappa shape index (κ3) is 2.06. The van der Waals surface area contributed by atoms with Gasteiger partial charge >= 0.3 is 0 Å². The molecule has 0 aliphatic heterocycles. The lowest BCUT2D eigenvalue weighted by Gasteiger charge is -2.45. The molecule has 2 aliphatic carbocycles. The van der Waals surface area contributed by atoms with E-state index >= 15 is 0 Å². The highest BCUT2D eigenvalue weighted by Gasteiger charge is 2.48. The summed E-state index contributed by atoms with van der Waals surface area (Å²) < 4.78 is 0. The van der Waals surface area contributed by atoms with Gasteiger partial charge in [-0.15, -0.1) is 0 Å². The summed E-state index contributed by atoms with van der Waals surface area (Å²) in [5.41, 5.74) is 6.90. The van der Waals surface area contributed by atoms with E-state index in [0.717, 1.165) is 32.1 Å². The molecule has 1 fully saturated rings. The zero-order valence-corrected chi connectivity index (χ0v) is 11.4. The van der Waals surface area contributed by atoms with Crippen molar-refractivity contribution in [2.75, 3.05) is 14.1 Å². The Morgan fingerprint density at radius 3 is 2.39 bits per heavy atom. The van der Waals surface area contributed by atoms with Gasteiger partial charge in [-0.05, 0) is 25.3 Å². The summed E-state index contributed by atoms with van der Waals surface area (Å²) >= 11 is 0. The van der Waals surface area contributed by atoms with E-state index in [0.29, 0.717) is 0 Å². The molecule has 1 unspecified atom stereocenters. The monoisotopic (exact) mass is 245 g/mol. The van der Waals surface area contributed by atoms with Crippen molar-refractivity contribution in [1.82, 2.24) is 4.90 Å². The van der Waals surface area contributed by atoms with Crippen LogP contribution in [0.1, 0.15) is 38.5 Å². The normalized spacial score (nSPS) is 30.4. The van der Waals surface area contributed by atoms with Gasteiger partial charge < -0.3 is 10.6 Å². The molecule has 0 heterocycles. The zero-order chi connectivity index (χ0) is 13.2. The number of nitrogens with zero attached hydrogens (tertiary/aromatic N) is 2. The molecule has 1 atom stereocenters. The van der Waals surface area contributed by atoms with Crippen LogP contribution in [-0.2, 0) is 0 Å². The van der Waals surface area contributed by atoms with Crippen molar-refractivity contribution < 1.29 is 0 Å². The number of rotatable bonds is 2. The van der Waals surface area contributed by atoms with Crippen molar-refractivity contribution in [3.63, 3.8) is 0 Å². The summed E-state index contributed by atoms with van der Waals surface area (Å²) in [6.07, 6.45) is 12.4. The highest BCUT2D eigenvalue weighted by Crippen LogP contribution is 2.46. The van der Waals surface area contributed by atoms with Crippen LogP contribution in [0.25, 0.3) is 0 Å². The number of likely N-dealkylation sites (N-methyl/N-ethyl adjacent to an activating group) is 1. The SMILES string of the molecule is CN(C)C1=CCC(N)(C2(C#N)CCCCC2)C=C1. The van der Waals surface area contributed by atoms with Gasteiger partial charge in [0.05, 0.1) is 17.0 Å². The Labute approximate surface area is 110 Å². The van der Waals surface area contributed by atoms with Crippen LogP contribution in [0.15, 0.2) is 23.9 Å². The minimum atomic E-state index is -0.484. The molecule has 2 rings (SSSR count). The molecule has 0 aromatic rings. The van der Waals surface area contributed by atoms with Gasteiger partial charge in [0.15, 0.2) is 0 Å². The van der Waals surface area contributed by atoms with E-state index < -0.39 is 5.54 Å². The highest BCUT2D eigenvalue weighted by atomic mass is 15.1. The van der Waals surface area contributed by atoms with Crippen LogP contribution in [0, 0.1) is 16.7 Å². The van der Waals surface area contributed by atoms with Crippen LogP contribution in [0.4, 0.5) is 0 Å². The van der Waals surface area contributed by atoms with Gasteiger partial charge in [0.1, 0.15) is 0 Å². The average Bonchev–Trinajstić information content (AvgIpc) is 2.40. The number of allylic oxidation sites excluding steroid dienone is 1. The molecule has 3 nitrogen and oxygen atoms in total. The Bertz CT molecular complexity index is 408. The maximum absolute atomic E-state index is 9.64. The summed E-state index contributed by atoms with van der Waals surface area (Å²) in [6, 6.07) is 2.55. The predicted molar refractivity (Wildman–Crippen MR) is 73.6 cm³/mol. The predicted octanol–water partition coefficient (Wildman–Crippen LogP) is 2.56. The minimum absolute atomic E-state index is 0.365. The summed E-state index contributed by atoms with van der Waals surface area (Å²) in [5.74, 6) is 0. The number of nitrogens with two attached hydrogens (primary N) is 1. The molecule has 98 valence electrons. The summed E-state index contributed by atoms with van der Waals surface area (Å²) in [6.45, 7) is 0.